The van der Waals surface area contributed by atoms with Crippen LogP contribution in [0, 0.1) is 0 Å². The van der Waals surface area contributed by atoms with Gasteiger partial charge in [-0.3, -0.25) is 0 Å². The van der Waals surface area contributed by atoms with Gasteiger partial charge in [-0.25, -0.2) is 0 Å². The molecular formula is C11H21Cl5Si2. The van der Waals surface area contributed by atoms with E-state index in [-0.39, 0.29) is 4.84 Å². The molecule has 0 spiro atoms. The Morgan fingerprint density at radius 3 is 1.78 bits per heavy atom. The normalized spacial score (nSPS) is 12.3. The molecule has 0 N–H and O–H groups in total. The third-order valence-electron chi connectivity index (χ3n) is 2.60. The lowest BCUT2D eigenvalue weighted by Gasteiger charge is -2.06. The van der Waals surface area contributed by atoms with Crippen molar-refractivity contribution in [2.45, 2.75) is 67.9 Å². The molecule has 0 rings (SSSR count). The van der Waals surface area contributed by atoms with Crippen LogP contribution in [0.3, 0.4) is 0 Å². The van der Waals surface area contributed by atoms with E-state index in [4.69, 9.17) is 56.4 Å². The summed E-state index contributed by atoms with van der Waals surface area (Å²) in [5, 5.41) is 0. The number of halogens is 5. The maximum Gasteiger partial charge on any atom is 0.338 e. The van der Waals surface area contributed by atoms with Crippen LogP contribution in [0.25, 0.3) is 0 Å². The second-order valence-electron chi connectivity index (χ2n) is 4.45. The molecule has 0 heterocycles. The Morgan fingerprint density at radius 1 is 0.778 bits per heavy atom. The van der Waals surface area contributed by atoms with Crippen molar-refractivity contribution in [3.05, 3.63) is 0 Å². The lowest BCUT2D eigenvalue weighted by molar-refractivity contribution is 0.582. The Bertz CT molecular complexity index is 185. The summed E-state index contributed by atoms with van der Waals surface area (Å²) >= 11 is 28.8. The van der Waals surface area contributed by atoms with Gasteiger partial charge in [-0.15, -0.1) is 56.4 Å². The molecule has 0 saturated carbocycles. The molecule has 0 nitrogen and oxygen atoms in total. The molecule has 0 aliphatic rings. The Balaban J connectivity index is 3.04. The fraction of sp³-hybridized carbons (Fsp3) is 1.00. The van der Waals surface area contributed by atoms with Crippen molar-refractivity contribution in [1.29, 1.82) is 0 Å². The fourth-order valence-electron chi connectivity index (χ4n) is 1.66. The summed E-state index contributed by atoms with van der Waals surface area (Å²) in [6.45, 7) is 0. The van der Waals surface area contributed by atoms with E-state index in [0.29, 0.717) is 0 Å². The van der Waals surface area contributed by atoms with E-state index in [1.807, 2.05) is 0 Å². The first-order valence-electron chi connectivity index (χ1n) is 6.47. The van der Waals surface area contributed by atoms with Crippen molar-refractivity contribution in [2.24, 2.45) is 0 Å². The molecule has 0 aliphatic heterocycles. The maximum atomic E-state index is 5.82. The predicted octanol–water partition coefficient (Wildman–Crippen LogP) is 6.65. The van der Waals surface area contributed by atoms with Gasteiger partial charge in [0.25, 0.3) is 0 Å². The molecule has 0 aliphatic carbocycles. The van der Waals surface area contributed by atoms with Crippen LogP contribution in [0.5, 0.6) is 0 Å². The molecule has 0 amide bonds. The first kappa shape index (κ1) is 19.9. The van der Waals surface area contributed by atoms with Crippen LogP contribution in [-0.2, 0) is 0 Å². The van der Waals surface area contributed by atoms with E-state index in [1.165, 1.54) is 44.6 Å². The van der Waals surface area contributed by atoms with Crippen molar-refractivity contribution < 1.29 is 0 Å². The number of unbranched alkanes of at least 4 members (excludes halogenated alkanes) is 6. The highest BCUT2D eigenvalue weighted by Crippen LogP contribution is 2.24. The summed E-state index contributed by atoms with van der Waals surface area (Å²) in [7, 11) is 0.829. The van der Waals surface area contributed by atoms with E-state index in [2.05, 4.69) is 0 Å². The third-order valence-corrected chi connectivity index (χ3v) is 9.96. The minimum absolute atomic E-state index is 0.188. The second kappa shape index (κ2) is 12.6. The summed E-state index contributed by atoms with van der Waals surface area (Å²) in [4.78, 5) is -0.188. The summed E-state index contributed by atoms with van der Waals surface area (Å²) in [5.41, 5.74) is 0.829. The average molecular weight is 387 g/mol. The van der Waals surface area contributed by atoms with Crippen LogP contribution in [0.15, 0.2) is 0 Å². The highest BCUT2D eigenvalue weighted by molar-refractivity contribution is 7.65. The maximum absolute atomic E-state index is 5.82. The van der Waals surface area contributed by atoms with Gasteiger partial charge in [-0.2, -0.15) is 0 Å². The van der Waals surface area contributed by atoms with Gasteiger partial charge in [0.15, 0.2) is 0 Å². The van der Waals surface area contributed by atoms with E-state index < -0.39 is 6.00 Å². The van der Waals surface area contributed by atoms with E-state index in [9.17, 15) is 0 Å². The highest BCUT2D eigenvalue weighted by atomic mass is 35.8. The Morgan fingerprint density at radius 2 is 1.28 bits per heavy atom. The quantitative estimate of drug-likeness (QED) is 0.152. The Labute approximate surface area is 139 Å². The molecule has 18 heavy (non-hydrogen) atoms. The molecule has 0 unspecified atom stereocenters. The topological polar surface area (TPSA) is 0 Å². The minimum Gasteiger partial charge on any atom is -0.126 e. The molecule has 0 aromatic carbocycles. The van der Waals surface area contributed by atoms with Gasteiger partial charge in [0.05, 0.1) is 0 Å². The van der Waals surface area contributed by atoms with E-state index in [0.717, 1.165) is 28.0 Å². The Hall–Kier alpha value is 1.88. The summed E-state index contributed by atoms with van der Waals surface area (Å²) < 4.78 is 0. The molecule has 0 fully saturated rings. The molecule has 0 bridgehead atoms. The minimum atomic E-state index is -2.35. The molecule has 2 radical (unpaired) electrons. The smallest absolute Gasteiger partial charge is 0.126 e. The Kier molecular flexibility index (Phi) is 13.9. The van der Waals surface area contributed by atoms with Gasteiger partial charge in [0.2, 0.25) is 0 Å². The number of alkyl halides is 2. The number of rotatable bonds is 12. The van der Waals surface area contributed by atoms with E-state index in [1.54, 1.807) is 0 Å². The van der Waals surface area contributed by atoms with Gasteiger partial charge in [0, 0.05) is 9.52 Å². The summed E-state index contributed by atoms with van der Waals surface area (Å²) in [6.07, 6.45) is 9.83. The lowest BCUT2D eigenvalue weighted by atomic mass is 10.1. The van der Waals surface area contributed by atoms with Gasteiger partial charge >= 0.3 is 6.00 Å². The predicted molar refractivity (Wildman–Crippen MR) is 91.1 cm³/mol. The van der Waals surface area contributed by atoms with E-state index >= 15 is 0 Å². The SMILES string of the molecule is ClC(Cl)CCCCCCCCC[Si]C[Si](Cl)(Cl)Cl. The van der Waals surface area contributed by atoms with Crippen molar-refractivity contribution in [3.63, 3.8) is 0 Å². The van der Waals surface area contributed by atoms with Crippen LogP contribution in [0.2, 0.25) is 11.7 Å². The monoisotopic (exact) mass is 384 g/mol. The average Bonchev–Trinajstić information content (AvgIpc) is 2.24. The third kappa shape index (κ3) is 17.9. The van der Waals surface area contributed by atoms with Crippen molar-refractivity contribution in [1.82, 2.24) is 0 Å². The zero-order valence-corrected chi connectivity index (χ0v) is 16.3. The van der Waals surface area contributed by atoms with Crippen LogP contribution in [0.1, 0.15) is 51.4 Å². The van der Waals surface area contributed by atoms with Crippen LogP contribution >= 0.6 is 56.4 Å². The number of hydrogen-bond donors (Lipinski definition) is 0. The standard InChI is InChI=1S/C11H21Cl5Si2/c12-11(13)8-6-4-2-1-3-5-7-9-17-10-18(14,15)16/h11H,1-10H2. The lowest BCUT2D eigenvalue weighted by Crippen LogP contribution is -2.12. The van der Waals surface area contributed by atoms with Crippen LogP contribution in [-0.4, -0.2) is 20.4 Å². The van der Waals surface area contributed by atoms with Gasteiger partial charge in [-0.05, 0) is 12.1 Å². The molecule has 0 aromatic heterocycles. The zero-order chi connectivity index (χ0) is 13.9. The van der Waals surface area contributed by atoms with Crippen molar-refractivity contribution in [3.8, 4) is 0 Å². The summed E-state index contributed by atoms with van der Waals surface area (Å²) in [6, 6.07) is -1.13. The number of hydrogen-bond acceptors (Lipinski definition) is 0. The van der Waals surface area contributed by atoms with Gasteiger partial charge in [-0.1, -0.05) is 51.0 Å². The van der Waals surface area contributed by atoms with Crippen LogP contribution < -0.4 is 0 Å². The summed E-state index contributed by atoms with van der Waals surface area (Å²) in [5.74, 6) is 0. The van der Waals surface area contributed by atoms with Gasteiger partial charge in [0.1, 0.15) is 4.84 Å². The highest BCUT2D eigenvalue weighted by Gasteiger charge is 2.23. The fourth-order valence-corrected chi connectivity index (χ4v) is 6.86. The van der Waals surface area contributed by atoms with Crippen LogP contribution in [0.4, 0.5) is 0 Å². The van der Waals surface area contributed by atoms with Crippen molar-refractivity contribution >= 4 is 72.0 Å². The zero-order valence-electron chi connectivity index (χ0n) is 10.5. The molecule has 0 saturated heterocycles. The molecule has 7 heteroatoms. The largest absolute Gasteiger partial charge is 0.338 e. The van der Waals surface area contributed by atoms with Gasteiger partial charge < -0.3 is 0 Å². The second-order valence-corrected chi connectivity index (χ2v) is 16.9. The molecule has 108 valence electrons. The molecule has 0 aromatic rings. The molecule has 0 atom stereocenters. The van der Waals surface area contributed by atoms with Crippen molar-refractivity contribution in [2.75, 3.05) is 0 Å². The molecular weight excluding hydrogens is 366 g/mol. The first-order valence-corrected chi connectivity index (χ1v) is 14.0. The first-order chi connectivity index (χ1) is 8.42.